The summed E-state index contributed by atoms with van der Waals surface area (Å²) in [6.45, 7) is 3.32. The van der Waals surface area contributed by atoms with Gasteiger partial charge in [-0.15, -0.1) is 0 Å². The van der Waals surface area contributed by atoms with Crippen LogP contribution in [-0.2, 0) is 9.59 Å². The van der Waals surface area contributed by atoms with Crippen LogP contribution in [-0.4, -0.2) is 69.4 Å². The van der Waals surface area contributed by atoms with E-state index in [1.165, 1.54) is 0 Å². The molecule has 0 spiro atoms. The number of carboxylic acid groups (broad SMARTS) is 2. The first-order valence-corrected chi connectivity index (χ1v) is 7.63. The average Bonchev–Trinajstić information content (AvgIpc) is 3.01. The maximum Gasteiger partial charge on any atom is 0.490 e. The van der Waals surface area contributed by atoms with Gasteiger partial charge in [-0.1, -0.05) is 0 Å². The van der Waals surface area contributed by atoms with Crippen molar-refractivity contribution in [2.45, 2.75) is 31.7 Å². The van der Waals surface area contributed by atoms with Gasteiger partial charge in [0.25, 0.3) is 5.91 Å². The monoisotopic (exact) mass is 433 g/mol. The van der Waals surface area contributed by atoms with Crippen LogP contribution in [0, 0.1) is 6.92 Å². The van der Waals surface area contributed by atoms with E-state index in [1.807, 2.05) is 19.1 Å². The smallest absolute Gasteiger partial charge is 0.475 e. The number of carbonyl (C=O) groups excluding carboxylic acids is 1. The van der Waals surface area contributed by atoms with Crippen molar-refractivity contribution in [1.29, 1.82) is 0 Å². The maximum absolute atomic E-state index is 11.9. The van der Waals surface area contributed by atoms with E-state index in [0.717, 1.165) is 18.7 Å². The van der Waals surface area contributed by atoms with Crippen LogP contribution < -0.4 is 5.73 Å². The number of rotatable bonds is 1. The first-order valence-electron chi connectivity index (χ1n) is 7.63. The second-order valence-electron chi connectivity index (χ2n) is 5.59. The summed E-state index contributed by atoms with van der Waals surface area (Å²) in [6.07, 6.45) is -7.65. The molecule has 0 saturated carbocycles. The van der Waals surface area contributed by atoms with Gasteiger partial charge in [0.2, 0.25) is 0 Å². The molecular weight excluding hydrogens is 416 g/mol. The lowest BCUT2D eigenvalue weighted by atomic mass is 10.2. The molecule has 8 nitrogen and oxygen atoms in total. The van der Waals surface area contributed by atoms with Crippen LogP contribution >= 0.6 is 0 Å². The Balaban J connectivity index is 0.000000473. The highest BCUT2D eigenvalue weighted by molar-refractivity contribution is 5.94. The lowest BCUT2D eigenvalue weighted by Gasteiger charge is -2.15. The predicted octanol–water partition coefficient (Wildman–Crippen LogP) is 1.83. The second kappa shape index (κ2) is 10.6. The standard InChI is InChI=1S/C11H15N3O.2C2HF3O2/c1-8-2-3-9(6-13-8)11(15)14-5-4-10(12)7-14;2*3-2(4,5)1(6)7/h2-3,6,10H,4-5,7,12H2,1H3;2*(H,6,7)/t10-;;/m1../s1. The number of amides is 1. The van der Waals surface area contributed by atoms with Gasteiger partial charge < -0.3 is 20.8 Å². The van der Waals surface area contributed by atoms with Gasteiger partial charge in [0, 0.05) is 31.0 Å². The number of hydrogen-bond donors (Lipinski definition) is 3. The fourth-order valence-corrected chi connectivity index (χ4v) is 1.75. The van der Waals surface area contributed by atoms with E-state index in [0.29, 0.717) is 12.1 Å². The van der Waals surface area contributed by atoms with E-state index in [1.54, 1.807) is 11.1 Å². The molecule has 0 aliphatic carbocycles. The van der Waals surface area contributed by atoms with Crippen molar-refractivity contribution in [1.82, 2.24) is 9.88 Å². The van der Waals surface area contributed by atoms with Crippen molar-refractivity contribution >= 4 is 17.8 Å². The third kappa shape index (κ3) is 10.3. The number of aryl methyl sites for hydroxylation is 1. The molecule has 29 heavy (non-hydrogen) atoms. The summed E-state index contributed by atoms with van der Waals surface area (Å²) in [4.78, 5) is 35.6. The fourth-order valence-electron chi connectivity index (χ4n) is 1.75. The minimum absolute atomic E-state index is 0.0375. The maximum atomic E-state index is 11.9. The van der Waals surface area contributed by atoms with Crippen LogP contribution in [0.2, 0.25) is 0 Å². The van der Waals surface area contributed by atoms with Crippen molar-refractivity contribution in [2.24, 2.45) is 5.73 Å². The van der Waals surface area contributed by atoms with Crippen LogP contribution in [0.1, 0.15) is 22.5 Å². The summed E-state index contributed by atoms with van der Waals surface area (Å²) in [5.74, 6) is -5.48. The van der Waals surface area contributed by atoms with Gasteiger partial charge in [-0.3, -0.25) is 9.78 Å². The molecule has 1 saturated heterocycles. The van der Waals surface area contributed by atoms with Gasteiger partial charge in [-0.25, -0.2) is 9.59 Å². The van der Waals surface area contributed by atoms with Crippen molar-refractivity contribution in [3.8, 4) is 0 Å². The Morgan fingerprint density at radius 2 is 1.52 bits per heavy atom. The van der Waals surface area contributed by atoms with Crippen molar-refractivity contribution in [3.63, 3.8) is 0 Å². The number of nitrogens with two attached hydrogens (primary N) is 1. The summed E-state index contributed by atoms with van der Waals surface area (Å²) in [5, 5.41) is 14.2. The number of hydrogen-bond acceptors (Lipinski definition) is 5. The van der Waals surface area contributed by atoms with Crippen LogP contribution in [0.3, 0.4) is 0 Å². The summed E-state index contributed by atoms with van der Waals surface area (Å²) >= 11 is 0. The van der Waals surface area contributed by atoms with E-state index in [9.17, 15) is 31.1 Å². The number of nitrogens with zero attached hydrogens (tertiary/aromatic N) is 2. The lowest BCUT2D eigenvalue weighted by molar-refractivity contribution is -0.193. The summed E-state index contributed by atoms with van der Waals surface area (Å²) in [6, 6.07) is 3.80. The third-order valence-electron chi connectivity index (χ3n) is 3.16. The van der Waals surface area contributed by atoms with Gasteiger partial charge in [0.1, 0.15) is 0 Å². The highest BCUT2D eigenvalue weighted by Crippen LogP contribution is 2.14. The molecule has 1 aromatic rings. The molecule has 1 atom stereocenters. The van der Waals surface area contributed by atoms with Crippen molar-refractivity contribution in [2.75, 3.05) is 13.1 Å². The molecular formula is C15H17F6N3O5. The average molecular weight is 433 g/mol. The number of carbonyl (C=O) groups is 3. The Labute approximate surface area is 159 Å². The highest BCUT2D eigenvalue weighted by atomic mass is 19.4. The molecule has 0 bridgehead atoms. The van der Waals surface area contributed by atoms with Gasteiger partial charge in [-0.05, 0) is 25.5 Å². The van der Waals surface area contributed by atoms with E-state index in [-0.39, 0.29) is 11.9 Å². The molecule has 0 radical (unpaired) electrons. The van der Waals surface area contributed by atoms with Crippen LogP contribution in [0.4, 0.5) is 26.3 Å². The SMILES string of the molecule is Cc1ccc(C(=O)N2CC[C@@H](N)C2)cn1.O=C(O)C(F)(F)F.O=C(O)C(F)(F)F. The first kappa shape index (κ1) is 26.1. The zero-order valence-corrected chi connectivity index (χ0v) is 14.8. The minimum Gasteiger partial charge on any atom is -0.475 e. The van der Waals surface area contributed by atoms with Gasteiger partial charge in [0.05, 0.1) is 5.56 Å². The fraction of sp³-hybridized carbons (Fsp3) is 0.467. The van der Waals surface area contributed by atoms with E-state index in [2.05, 4.69) is 4.98 Å². The lowest BCUT2D eigenvalue weighted by Crippen LogP contribution is -2.31. The number of likely N-dealkylation sites (tertiary alicyclic amines) is 1. The normalized spacial score (nSPS) is 16.1. The molecule has 1 aliphatic rings. The highest BCUT2D eigenvalue weighted by Gasteiger charge is 2.38. The first-order chi connectivity index (χ1) is 13.1. The topological polar surface area (TPSA) is 134 Å². The minimum atomic E-state index is -5.08. The Kier molecular flexibility index (Phi) is 9.53. The number of aliphatic carboxylic acids is 2. The van der Waals surface area contributed by atoms with Gasteiger partial charge in [-0.2, -0.15) is 26.3 Å². The molecule has 0 unspecified atom stereocenters. The second-order valence-corrected chi connectivity index (χ2v) is 5.59. The van der Waals surface area contributed by atoms with Crippen LogP contribution in [0.25, 0.3) is 0 Å². The summed E-state index contributed by atoms with van der Waals surface area (Å²) in [5.41, 5.74) is 7.32. The summed E-state index contributed by atoms with van der Waals surface area (Å²) < 4.78 is 63.5. The largest absolute Gasteiger partial charge is 0.490 e. The Morgan fingerprint density at radius 3 is 1.79 bits per heavy atom. The molecule has 164 valence electrons. The third-order valence-corrected chi connectivity index (χ3v) is 3.16. The molecule has 1 fully saturated rings. The Morgan fingerprint density at radius 1 is 1.07 bits per heavy atom. The van der Waals surface area contributed by atoms with Crippen molar-refractivity contribution < 1.29 is 50.9 Å². The predicted molar refractivity (Wildman–Crippen MR) is 84.9 cm³/mol. The number of aromatic nitrogens is 1. The van der Waals surface area contributed by atoms with Gasteiger partial charge in [0.15, 0.2) is 0 Å². The van der Waals surface area contributed by atoms with Crippen LogP contribution in [0.5, 0.6) is 0 Å². The number of carboxylic acids is 2. The molecule has 2 rings (SSSR count). The molecule has 0 aromatic carbocycles. The summed E-state index contributed by atoms with van der Waals surface area (Å²) in [7, 11) is 0. The molecule has 1 amide bonds. The molecule has 14 heteroatoms. The molecule has 4 N–H and O–H groups in total. The molecule has 2 heterocycles. The number of halogens is 6. The zero-order valence-electron chi connectivity index (χ0n) is 14.8. The number of alkyl halides is 6. The van der Waals surface area contributed by atoms with Crippen LogP contribution in [0.15, 0.2) is 18.3 Å². The van der Waals surface area contributed by atoms with E-state index >= 15 is 0 Å². The number of pyridine rings is 1. The Hall–Kier alpha value is -2.90. The van der Waals surface area contributed by atoms with Gasteiger partial charge >= 0.3 is 24.3 Å². The molecule has 1 aromatic heterocycles. The van der Waals surface area contributed by atoms with E-state index in [4.69, 9.17) is 25.5 Å². The zero-order chi connectivity index (χ0) is 23.0. The quantitative estimate of drug-likeness (QED) is 0.576. The van der Waals surface area contributed by atoms with E-state index < -0.39 is 24.3 Å². The Bertz CT molecular complexity index is 682. The van der Waals surface area contributed by atoms with Crippen molar-refractivity contribution in [3.05, 3.63) is 29.6 Å². The molecule has 1 aliphatic heterocycles.